The summed E-state index contributed by atoms with van der Waals surface area (Å²) in [4.78, 5) is 11.3. The van der Waals surface area contributed by atoms with Gasteiger partial charge in [0.2, 0.25) is 0 Å². The molecule has 5 atom stereocenters. The molecule has 1 aliphatic heterocycles. The Hall–Kier alpha value is -0.0794. The highest BCUT2D eigenvalue weighted by Crippen LogP contribution is 2.32. The van der Waals surface area contributed by atoms with Gasteiger partial charge in [0.1, 0.15) is 31.0 Å². The summed E-state index contributed by atoms with van der Waals surface area (Å²) in [6.07, 6.45) is -3.39. The lowest BCUT2D eigenvalue weighted by Gasteiger charge is -2.49. The van der Waals surface area contributed by atoms with Crippen LogP contribution in [0.3, 0.4) is 0 Å². The second-order valence-electron chi connectivity index (χ2n) is 9.95. The molecule has 0 aromatic carbocycles. The molecule has 1 N–H and O–H groups in total. The predicted octanol–water partition coefficient (Wildman–Crippen LogP) is 2.93. The number of hydrogen-bond acceptors (Lipinski definition) is 7. The molecule has 160 valence electrons. The molecule has 0 radical (unpaired) electrons. The van der Waals surface area contributed by atoms with Gasteiger partial charge in [-0.2, -0.15) is 0 Å². The fourth-order valence-electron chi connectivity index (χ4n) is 2.86. The molecule has 27 heavy (non-hydrogen) atoms. The van der Waals surface area contributed by atoms with Crippen molar-refractivity contribution in [1.29, 1.82) is 0 Å². The van der Waals surface area contributed by atoms with E-state index in [0.717, 1.165) is 0 Å². The normalized spacial score (nSPS) is 30.3. The third-order valence-corrected chi connectivity index (χ3v) is 6.47. The Bertz CT molecular complexity index is 496. The maximum atomic E-state index is 11.3. The molecular formula is C17H38O7Si3. The molecule has 1 fully saturated rings. The molecule has 0 aromatic rings. The van der Waals surface area contributed by atoms with Gasteiger partial charge in [-0.1, -0.05) is 0 Å². The fraction of sp³-hybridized carbons (Fsp3) is 0.941. The summed E-state index contributed by atoms with van der Waals surface area (Å²) >= 11 is 0. The molecule has 1 saturated heterocycles. The van der Waals surface area contributed by atoms with Gasteiger partial charge in [-0.25, -0.2) is 0 Å². The molecule has 0 spiro atoms. The lowest BCUT2D eigenvalue weighted by Crippen LogP contribution is -2.65. The maximum Gasteiger partial charge on any atom is 0.302 e. The Morgan fingerprint density at radius 2 is 1.22 bits per heavy atom. The zero-order valence-corrected chi connectivity index (χ0v) is 21.5. The van der Waals surface area contributed by atoms with Gasteiger partial charge in [0.25, 0.3) is 0 Å². The molecular weight excluding hydrogens is 400 g/mol. The molecule has 1 rings (SSSR count). The maximum absolute atomic E-state index is 11.3. The van der Waals surface area contributed by atoms with Crippen molar-refractivity contribution >= 4 is 30.9 Å². The number of aliphatic hydroxyl groups is 1. The number of carbonyl (C=O) groups excluding carboxylic acids is 1. The topological polar surface area (TPSA) is 83.5 Å². The first kappa shape index (κ1) is 25.0. The van der Waals surface area contributed by atoms with Crippen LogP contribution in [0.1, 0.15) is 6.92 Å². The minimum Gasteiger partial charge on any atom is -0.463 e. The molecule has 0 bridgehead atoms. The molecule has 1 unspecified atom stereocenters. The number of esters is 1. The van der Waals surface area contributed by atoms with E-state index in [-0.39, 0.29) is 6.61 Å². The third kappa shape index (κ3) is 9.31. The average molecular weight is 439 g/mol. The van der Waals surface area contributed by atoms with E-state index in [1.807, 2.05) is 0 Å². The van der Waals surface area contributed by atoms with Crippen molar-refractivity contribution in [2.75, 3.05) is 6.61 Å². The van der Waals surface area contributed by atoms with Gasteiger partial charge in [0.05, 0.1) is 0 Å². The summed E-state index contributed by atoms with van der Waals surface area (Å²) in [5, 5.41) is 10.7. The van der Waals surface area contributed by atoms with Gasteiger partial charge in [-0.15, -0.1) is 0 Å². The van der Waals surface area contributed by atoms with E-state index in [1.54, 1.807) is 0 Å². The monoisotopic (exact) mass is 438 g/mol. The summed E-state index contributed by atoms with van der Waals surface area (Å²) in [7, 11) is -5.95. The van der Waals surface area contributed by atoms with Crippen molar-refractivity contribution in [3.63, 3.8) is 0 Å². The largest absolute Gasteiger partial charge is 0.463 e. The molecule has 1 heterocycles. The van der Waals surface area contributed by atoms with Crippen molar-refractivity contribution in [2.45, 2.75) is 96.6 Å². The van der Waals surface area contributed by atoms with Crippen LogP contribution in [0, 0.1) is 0 Å². The number of carbonyl (C=O) groups is 1. The SMILES string of the molecule is CC(=O)OC[C@H]1OC(O)[C@H](O[Si](C)(C)C)[C@@H](O[Si](C)(C)C)[C@@H]1O[Si](C)(C)C. The minimum absolute atomic E-state index is 0.00671. The summed E-state index contributed by atoms with van der Waals surface area (Å²) in [5.74, 6) is -0.400. The molecule has 0 aromatic heterocycles. The molecule has 0 aliphatic carbocycles. The Kier molecular flexibility index (Phi) is 8.47. The van der Waals surface area contributed by atoms with Crippen molar-refractivity contribution in [2.24, 2.45) is 0 Å². The Morgan fingerprint density at radius 1 is 0.815 bits per heavy atom. The van der Waals surface area contributed by atoms with Crippen molar-refractivity contribution in [3.05, 3.63) is 0 Å². The highest BCUT2D eigenvalue weighted by Gasteiger charge is 2.51. The third-order valence-electron chi connectivity index (χ3n) is 3.53. The van der Waals surface area contributed by atoms with Gasteiger partial charge in [0.15, 0.2) is 31.2 Å². The molecule has 10 heteroatoms. The first-order valence-corrected chi connectivity index (χ1v) is 19.7. The average Bonchev–Trinajstić information content (AvgIpc) is 2.40. The van der Waals surface area contributed by atoms with Crippen molar-refractivity contribution in [1.82, 2.24) is 0 Å². The lowest BCUT2D eigenvalue weighted by atomic mass is 9.99. The van der Waals surface area contributed by atoms with Crippen LogP contribution in [-0.4, -0.2) is 73.3 Å². The van der Waals surface area contributed by atoms with Gasteiger partial charge in [-0.3, -0.25) is 4.79 Å². The number of ether oxygens (including phenoxy) is 2. The van der Waals surface area contributed by atoms with Crippen LogP contribution in [0.25, 0.3) is 0 Å². The van der Waals surface area contributed by atoms with Crippen LogP contribution >= 0.6 is 0 Å². The van der Waals surface area contributed by atoms with Crippen LogP contribution in [0.15, 0.2) is 0 Å². The summed E-state index contributed by atoms with van der Waals surface area (Å²) in [5.41, 5.74) is 0. The van der Waals surface area contributed by atoms with Crippen LogP contribution in [-0.2, 0) is 27.5 Å². The van der Waals surface area contributed by atoms with Crippen LogP contribution in [0.4, 0.5) is 0 Å². The lowest BCUT2D eigenvalue weighted by molar-refractivity contribution is -0.276. The molecule has 1 aliphatic rings. The summed E-state index contributed by atoms with van der Waals surface area (Å²) in [6, 6.07) is 0. The second kappa shape index (κ2) is 9.16. The van der Waals surface area contributed by atoms with Gasteiger partial charge in [-0.05, 0) is 58.9 Å². The quantitative estimate of drug-likeness (QED) is 0.461. The summed E-state index contributed by atoms with van der Waals surface area (Å²) in [6.45, 7) is 20.1. The Morgan fingerprint density at radius 3 is 1.63 bits per heavy atom. The van der Waals surface area contributed by atoms with E-state index in [1.165, 1.54) is 6.92 Å². The minimum atomic E-state index is -1.99. The highest BCUT2D eigenvalue weighted by atomic mass is 28.4. The van der Waals surface area contributed by atoms with Gasteiger partial charge in [0, 0.05) is 6.92 Å². The van der Waals surface area contributed by atoms with Gasteiger partial charge >= 0.3 is 5.97 Å². The Balaban J connectivity index is 3.25. The van der Waals surface area contributed by atoms with E-state index in [9.17, 15) is 9.90 Å². The standard InChI is InChI=1S/C17H38O7Si3/c1-12(18)20-11-13-14(22-25(2,3)4)15(23-26(5,6)7)16(17(19)21-13)24-27(8,9)10/h13-17,19H,11H2,1-10H3/t13-,14-,15+,16-,17?/m1/s1. The van der Waals surface area contributed by atoms with E-state index >= 15 is 0 Å². The molecule has 7 nitrogen and oxygen atoms in total. The first-order valence-electron chi connectivity index (χ1n) is 9.49. The fourth-order valence-corrected chi connectivity index (χ4v) is 6.11. The van der Waals surface area contributed by atoms with Crippen LogP contribution in [0.2, 0.25) is 58.9 Å². The second-order valence-corrected chi connectivity index (χ2v) is 23.3. The van der Waals surface area contributed by atoms with Crippen molar-refractivity contribution in [3.8, 4) is 0 Å². The van der Waals surface area contributed by atoms with Gasteiger partial charge < -0.3 is 27.9 Å². The predicted molar refractivity (Wildman–Crippen MR) is 112 cm³/mol. The number of rotatable bonds is 8. The van der Waals surface area contributed by atoms with E-state index < -0.39 is 61.6 Å². The summed E-state index contributed by atoms with van der Waals surface area (Å²) < 4.78 is 30.1. The zero-order chi connectivity index (χ0) is 21.2. The number of aliphatic hydroxyl groups excluding tert-OH is 1. The van der Waals surface area contributed by atoms with E-state index in [4.69, 9.17) is 22.8 Å². The van der Waals surface area contributed by atoms with Crippen LogP contribution < -0.4 is 0 Å². The van der Waals surface area contributed by atoms with E-state index in [0.29, 0.717) is 0 Å². The van der Waals surface area contributed by atoms with Crippen LogP contribution in [0.5, 0.6) is 0 Å². The smallest absolute Gasteiger partial charge is 0.302 e. The molecule has 0 saturated carbocycles. The first-order chi connectivity index (χ1) is 12.0. The highest BCUT2D eigenvalue weighted by molar-refractivity contribution is 6.70. The Labute approximate surface area is 167 Å². The zero-order valence-electron chi connectivity index (χ0n) is 18.5. The molecule has 0 amide bonds. The number of hydrogen-bond donors (Lipinski definition) is 1. The van der Waals surface area contributed by atoms with E-state index in [2.05, 4.69) is 58.9 Å². The van der Waals surface area contributed by atoms with Crippen molar-refractivity contribution < 1.29 is 32.7 Å².